The molecule has 1 aromatic carbocycles. The van der Waals surface area contributed by atoms with Gasteiger partial charge in [0.15, 0.2) is 0 Å². The molecular weight excluding hydrogens is 338 g/mol. The highest BCUT2D eigenvalue weighted by molar-refractivity contribution is 6.03. The van der Waals surface area contributed by atoms with Gasteiger partial charge in [0.05, 0.1) is 16.7 Å². The maximum absolute atomic E-state index is 12.4. The van der Waals surface area contributed by atoms with Crippen molar-refractivity contribution >= 4 is 22.6 Å². The van der Waals surface area contributed by atoms with E-state index in [1.165, 1.54) is 0 Å². The lowest BCUT2D eigenvalue weighted by molar-refractivity contribution is 0.101. The maximum atomic E-state index is 12.4. The second-order valence-corrected chi connectivity index (χ2v) is 6.53. The van der Waals surface area contributed by atoms with Crippen LogP contribution in [0.2, 0.25) is 0 Å². The number of benzene rings is 1. The second-order valence-electron chi connectivity index (χ2n) is 6.53. The van der Waals surface area contributed by atoms with Crippen molar-refractivity contribution < 1.29 is 4.79 Å². The molecule has 0 fully saturated rings. The first-order valence-corrected chi connectivity index (χ1v) is 8.93. The van der Waals surface area contributed by atoms with Crippen molar-refractivity contribution in [3.8, 4) is 11.3 Å². The van der Waals surface area contributed by atoms with Crippen LogP contribution in [0.25, 0.3) is 22.3 Å². The van der Waals surface area contributed by atoms with Crippen LogP contribution in [0.3, 0.4) is 0 Å². The van der Waals surface area contributed by atoms with Gasteiger partial charge in [-0.2, -0.15) is 5.10 Å². The van der Waals surface area contributed by atoms with E-state index in [2.05, 4.69) is 34.2 Å². The van der Waals surface area contributed by atoms with Gasteiger partial charge in [0.1, 0.15) is 5.69 Å². The molecule has 4 rings (SSSR count). The van der Waals surface area contributed by atoms with Gasteiger partial charge in [-0.1, -0.05) is 6.07 Å². The number of rotatable bonds is 4. The molecule has 0 aliphatic rings. The fourth-order valence-electron chi connectivity index (χ4n) is 3.26. The number of hydrogen-bond acceptors (Lipinski definition) is 3. The Hall–Kier alpha value is -3.41. The number of aromatic nitrogens is 4. The molecule has 0 bridgehead atoms. The predicted molar refractivity (Wildman–Crippen MR) is 107 cm³/mol. The minimum absolute atomic E-state index is 0.175. The molecule has 0 saturated carbocycles. The molecule has 1 amide bonds. The molecule has 0 aliphatic heterocycles. The number of nitrogens with one attached hydrogen (secondary N) is 1. The first kappa shape index (κ1) is 17.0. The number of carbonyl (C=O) groups excluding carboxylic acids is 1. The number of carbonyl (C=O) groups is 1. The summed E-state index contributed by atoms with van der Waals surface area (Å²) in [5, 5.41) is 6.98. The Kier molecular flexibility index (Phi) is 4.24. The quantitative estimate of drug-likeness (QED) is 0.598. The largest absolute Gasteiger partial charge is 0.346 e. The summed E-state index contributed by atoms with van der Waals surface area (Å²) >= 11 is 0. The number of fused-ring (bicyclic) bond motifs is 1. The van der Waals surface area contributed by atoms with E-state index in [0.717, 1.165) is 40.1 Å². The van der Waals surface area contributed by atoms with Gasteiger partial charge in [-0.25, -0.2) is 4.98 Å². The number of amides is 1. The van der Waals surface area contributed by atoms with Crippen molar-refractivity contribution in [1.29, 1.82) is 0 Å². The fourth-order valence-corrected chi connectivity index (χ4v) is 3.26. The van der Waals surface area contributed by atoms with Gasteiger partial charge in [0.2, 0.25) is 0 Å². The SMILES string of the molecule is CCn1ccc2nc(-c3ccc(NC(=O)c4ccnn4C)c(C)c3)ccc21. The van der Waals surface area contributed by atoms with Gasteiger partial charge in [-0.3, -0.25) is 9.48 Å². The smallest absolute Gasteiger partial charge is 0.273 e. The standard InChI is InChI=1S/C21H21N5O/c1-4-26-12-10-18-19(26)8-7-17(23-18)15-5-6-16(14(2)13-15)24-21(27)20-9-11-22-25(20)3/h5-13H,4H2,1-3H3,(H,24,27). The van der Waals surface area contributed by atoms with E-state index in [1.807, 2.05) is 37.3 Å². The van der Waals surface area contributed by atoms with Crippen LogP contribution in [0.5, 0.6) is 0 Å². The molecular formula is C21H21N5O. The van der Waals surface area contributed by atoms with Gasteiger partial charge in [-0.05, 0) is 55.8 Å². The van der Waals surface area contributed by atoms with E-state index in [4.69, 9.17) is 4.98 Å². The lowest BCUT2D eigenvalue weighted by atomic mass is 10.1. The molecule has 0 aliphatic carbocycles. The van der Waals surface area contributed by atoms with Crippen LogP contribution in [0.15, 0.2) is 54.9 Å². The number of anilines is 1. The topological polar surface area (TPSA) is 64.7 Å². The molecule has 0 atom stereocenters. The van der Waals surface area contributed by atoms with Crippen molar-refractivity contribution in [1.82, 2.24) is 19.3 Å². The molecule has 0 saturated heterocycles. The summed E-state index contributed by atoms with van der Waals surface area (Å²) in [6.07, 6.45) is 3.67. The number of hydrogen-bond donors (Lipinski definition) is 1. The van der Waals surface area contributed by atoms with Gasteiger partial charge >= 0.3 is 0 Å². The Labute approximate surface area is 157 Å². The van der Waals surface area contributed by atoms with Crippen molar-refractivity contribution in [2.24, 2.45) is 7.05 Å². The third-order valence-electron chi connectivity index (χ3n) is 4.79. The molecule has 6 heteroatoms. The average molecular weight is 359 g/mol. The summed E-state index contributed by atoms with van der Waals surface area (Å²) in [7, 11) is 1.75. The zero-order valence-electron chi connectivity index (χ0n) is 15.6. The molecule has 0 spiro atoms. The average Bonchev–Trinajstić information content (AvgIpc) is 3.28. The Balaban J connectivity index is 1.61. The van der Waals surface area contributed by atoms with Gasteiger partial charge in [-0.15, -0.1) is 0 Å². The third-order valence-corrected chi connectivity index (χ3v) is 4.79. The van der Waals surface area contributed by atoms with Crippen LogP contribution in [0.4, 0.5) is 5.69 Å². The highest BCUT2D eigenvalue weighted by Gasteiger charge is 2.12. The highest BCUT2D eigenvalue weighted by Crippen LogP contribution is 2.26. The molecule has 1 N–H and O–H groups in total. The first-order valence-electron chi connectivity index (χ1n) is 8.93. The van der Waals surface area contributed by atoms with E-state index in [0.29, 0.717) is 5.69 Å². The summed E-state index contributed by atoms with van der Waals surface area (Å²) in [6, 6.07) is 13.8. The van der Waals surface area contributed by atoms with Crippen molar-refractivity contribution in [2.45, 2.75) is 20.4 Å². The van der Waals surface area contributed by atoms with E-state index in [1.54, 1.807) is 24.0 Å². The monoisotopic (exact) mass is 359 g/mol. The van der Waals surface area contributed by atoms with Crippen molar-refractivity contribution in [3.05, 3.63) is 66.1 Å². The number of aryl methyl sites for hydroxylation is 3. The Morgan fingerprint density at radius 2 is 2.00 bits per heavy atom. The zero-order chi connectivity index (χ0) is 19.0. The molecule has 4 aromatic rings. The molecule has 6 nitrogen and oxygen atoms in total. The maximum Gasteiger partial charge on any atom is 0.273 e. The highest BCUT2D eigenvalue weighted by atomic mass is 16.2. The van der Waals surface area contributed by atoms with Crippen LogP contribution in [-0.2, 0) is 13.6 Å². The van der Waals surface area contributed by atoms with E-state index >= 15 is 0 Å². The molecule has 136 valence electrons. The summed E-state index contributed by atoms with van der Waals surface area (Å²) in [4.78, 5) is 17.2. The third kappa shape index (κ3) is 3.10. The predicted octanol–water partition coefficient (Wildman–Crippen LogP) is 4.02. The Morgan fingerprint density at radius 1 is 1.15 bits per heavy atom. The van der Waals surface area contributed by atoms with Crippen LogP contribution in [0, 0.1) is 6.92 Å². The van der Waals surface area contributed by atoms with Crippen LogP contribution in [-0.4, -0.2) is 25.2 Å². The summed E-state index contributed by atoms with van der Waals surface area (Å²) < 4.78 is 3.73. The van der Waals surface area contributed by atoms with E-state index in [9.17, 15) is 4.79 Å². The Bertz CT molecular complexity index is 1140. The van der Waals surface area contributed by atoms with Gasteiger partial charge < -0.3 is 9.88 Å². The fraction of sp³-hybridized carbons (Fsp3) is 0.190. The first-order chi connectivity index (χ1) is 13.1. The zero-order valence-corrected chi connectivity index (χ0v) is 15.6. The van der Waals surface area contributed by atoms with Gasteiger partial charge in [0.25, 0.3) is 5.91 Å². The van der Waals surface area contributed by atoms with Crippen LogP contribution in [0.1, 0.15) is 23.0 Å². The van der Waals surface area contributed by atoms with E-state index < -0.39 is 0 Å². The van der Waals surface area contributed by atoms with Crippen molar-refractivity contribution in [3.63, 3.8) is 0 Å². The van der Waals surface area contributed by atoms with Crippen molar-refractivity contribution in [2.75, 3.05) is 5.32 Å². The van der Waals surface area contributed by atoms with E-state index in [-0.39, 0.29) is 5.91 Å². The van der Waals surface area contributed by atoms with Gasteiger partial charge in [0, 0.05) is 37.2 Å². The normalized spacial score (nSPS) is 11.1. The molecule has 27 heavy (non-hydrogen) atoms. The lowest BCUT2D eigenvalue weighted by Gasteiger charge is -2.11. The second kappa shape index (κ2) is 6.72. The molecule has 0 radical (unpaired) electrons. The molecule has 0 unspecified atom stereocenters. The summed E-state index contributed by atoms with van der Waals surface area (Å²) in [5.41, 5.74) is 6.35. The lowest BCUT2D eigenvalue weighted by Crippen LogP contribution is -2.16. The Morgan fingerprint density at radius 3 is 2.70 bits per heavy atom. The minimum Gasteiger partial charge on any atom is -0.346 e. The molecule has 3 heterocycles. The number of pyridine rings is 1. The van der Waals surface area contributed by atoms with Crippen LogP contribution >= 0.6 is 0 Å². The van der Waals surface area contributed by atoms with Crippen LogP contribution < -0.4 is 5.32 Å². The minimum atomic E-state index is -0.175. The number of nitrogens with zero attached hydrogens (tertiary/aromatic N) is 4. The summed E-state index contributed by atoms with van der Waals surface area (Å²) in [6.45, 7) is 5.03. The molecule has 3 aromatic heterocycles. The summed E-state index contributed by atoms with van der Waals surface area (Å²) in [5.74, 6) is -0.175.